The zero-order valence-electron chi connectivity index (χ0n) is 13.8. The summed E-state index contributed by atoms with van der Waals surface area (Å²) in [6, 6.07) is 7.10. The van der Waals surface area contributed by atoms with Gasteiger partial charge in [0.25, 0.3) is 0 Å². The van der Waals surface area contributed by atoms with Gasteiger partial charge in [-0.15, -0.1) is 0 Å². The van der Waals surface area contributed by atoms with Crippen LogP contribution in [0, 0.1) is 5.92 Å². The van der Waals surface area contributed by atoms with Gasteiger partial charge in [0.2, 0.25) is 11.8 Å². The van der Waals surface area contributed by atoms with Crippen molar-refractivity contribution in [1.29, 1.82) is 0 Å². The molecule has 0 unspecified atom stereocenters. The molecule has 0 spiro atoms. The van der Waals surface area contributed by atoms with Gasteiger partial charge in [-0.3, -0.25) is 9.59 Å². The fraction of sp³-hybridized carbons (Fsp3) is 0.556. The third kappa shape index (κ3) is 4.71. The lowest BCUT2D eigenvalue weighted by Crippen LogP contribution is -2.40. The maximum atomic E-state index is 12.4. The third-order valence-corrected chi connectivity index (χ3v) is 4.51. The summed E-state index contributed by atoms with van der Waals surface area (Å²) >= 11 is 5.89. The maximum absolute atomic E-state index is 12.4. The molecule has 126 valence electrons. The fourth-order valence-electron chi connectivity index (χ4n) is 3.10. The number of halogens is 1. The average molecular weight is 337 g/mol. The first kappa shape index (κ1) is 17.8. The number of rotatable bonds is 7. The molecule has 23 heavy (non-hydrogen) atoms. The van der Waals surface area contributed by atoms with Gasteiger partial charge in [-0.2, -0.15) is 0 Å². The van der Waals surface area contributed by atoms with Crippen LogP contribution in [0.3, 0.4) is 0 Å². The van der Waals surface area contributed by atoms with E-state index in [1.54, 1.807) is 17.0 Å². The first-order valence-corrected chi connectivity index (χ1v) is 8.79. The molecule has 0 saturated carbocycles. The Morgan fingerprint density at radius 1 is 1.26 bits per heavy atom. The Bertz CT molecular complexity index is 538. The van der Waals surface area contributed by atoms with Crippen molar-refractivity contribution < 1.29 is 9.59 Å². The minimum atomic E-state index is -0.109. The summed E-state index contributed by atoms with van der Waals surface area (Å²) < 4.78 is 0. The molecule has 1 aliphatic heterocycles. The Hall–Kier alpha value is -1.55. The smallest absolute Gasteiger partial charge is 0.229 e. The lowest BCUT2D eigenvalue weighted by Gasteiger charge is -2.20. The van der Waals surface area contributed by atoms with Gasteiger partial charge < -0.3 is 10.2 Å². The summed E-state index contributed by atoms with van der Waals surface area (Å²) in [5.41, 5.74) is 0.829. The van der Waals surface area contributed by atoms with Crippen molar-refractivity contribution in [1.82, 2.24) is 5.32 Å². The van der Waals surface area contributed by atoms with Crippen molar-refractivity contribution in [2.75, 3.05) is 11.4 Å². The van der Waals surface area contributed by atoms with Gasteiger partial charge in [-0.05, 0) is 37.1 Å². The highest BCUT2D eigenvalue weighted by molar-refractivity contribution is 6.30. The normalized spacial score (nSPS) is 17.8. The van der Waals surface area contributed by atoms with Crippen molar-refractivity contribution in [2.45, 2.75) is 52.0 Å². The number of nitrogens with zero attached hydrogens (tertiary/aromatic N) is 1. The molecule has 4 nitrogen and oxygen atoms in total. The zero-order chi connectivity index (χ0) is 16.8. The van der Waals surface area contributed by atoms with Crippen molar-refractivity contribution in [3.63, 3.8) is 0 Å². The second kappa shape index (κ2) is 8.34. The molecule has 1 saturated heterocycles. The van der Waals surface area contributed by atoms with Crippen LogP contribution in [0.4, 0.5) is 5.69 Å². The number of amides is 2. The lowest BCUT2D eigenvalue weighted by molar-refractivity contribution is -0.126. The minimum absolute atomic E-state index is 0.0418. The maximum Gasteiger partial charge on any atom is 0.229 e. The van der Waals surface area contributed by atoms with Crippen LogP contribution in [0.2, 0.25) is 5.02 Å². The topological polar surface area (TPSA) is 49.4 Å². The molecule has 1 aromatic carbocycles. The van der Waals surface area contributed by atoms with Crippen molar-refractivity contribution in [2.24, 2.45) is 5.92 Å². The van der Waals surface area contributed by atoms with E-state index in [1.165, 1.54) is 0 Å². The number of hydrogen-bond donors (Lipinski definition) is 1. The van der Waals surface area contributed by atoms with E-state index in [0.29, 0.717) is 18.0 Å². The second-order valence-corrected chi connectivity index (χ2v) is 6.60. The molecular weight excluding hydrogens is 312 g/mol. The Balaban J connectivity index is 1.96. The van der Waals surface area contributed by atoms with Crippen LogP contribution < -0.4 is 10.2 Å². The molecule has 0 radical (unpaired) electrons. The van der Waals surface area contributed by atoms with Gasteiger partial charge in [-0.1, -0.05) is 38.3 Å². The largest absolute Gasteiger partial charge is 0.351 e. The number of anilines is 1. The molecule has 1 N–H and O–H groups in total. The lowest BCUT2D eigenvalue weighted by atomic mass is 9.97. The molecule has 0 aliphatic carbocycles. The molecule has 5 heteroatoms. The van der Waals surface area contributed by atoms with Crippen LogP contribution in [0.15, 0.2) is 24.3 Å². The van der Waals surface area contributed by atoms with E-state index in [2.05, 4.69) is 19.2 Å². The van der Waals surface area contributed by atoms with Gasteiger partial charge in [-0.25, -0.2) is 0 Å². The van der Waals surface area contributed by atoms with Crippen LogP contribution in [0.25, 0.3) is 0 Å². The number of carbonyl (C=O) groups excluding carboxylic acids is 2. The van der Waals surface area contributed by atoms with Crippen LogP contribution in [0.1, 0.15) is 46.0 Å². The van der Waals surface area contributed by atoms with Gasteiger partial charge in [0, 0.05) is 29.6 Å². The van der Waals surface area contributed by atoms with Gasteiger partial charge in [0.05, 0.1) is 6.04 Å². The molecule has 1 atom stereocenters. The number of benzene rings is 1. The van der Waals surface area contributed by atoms with Crippen LogP contribution in [-0.2, 0) is 9.59 Å². The Morgan fingerprint density at radius 2 is 1.87 bits per heavy atom. The van der Waals surface area contributed by atoms with Crippen LogP contribution >= 0.6 is 11.6 Å². The molecular formula is C18H25ClN2O2. The second-order valence-electron chi connectivity index (χ2n) is 6.16. The van der Waals surface area contributed by atoms with Gasteiger partial charge >= 0.3 is 0 Å². The summed E-state index contributed by atoms with van der Waals surface area (Å²) in [7, 11) is 0. The van der Waals surface area contributed by atoms with Crippen LogP contribution in [0.5, 0.6) is 0 Å². The predicted octanol–water partition coefficient (Wildman–Crippen LogP) is 3.78. The molecule has 2 rings (SSSR count). The Kier molecular flexibility index (Phi) is 6.46. The Morgan fingerprint density at radius 3 is 2.43 bits per heavy atom. The summed E-state index contributed by atoms with van der Waals surface area (Å²) in [5.74, 6) is 0.189. The minimum Gasteiger partial charge on any atom is -0.351 e. The zero-order valence-corrected chi connectivity index (χ0v) is 14.6. The standard InChI is InChI=1S/C18H25ClN2O2/c1-3-5-13(6-4-2)18(23)20-15-11-17(22)21(12-15)16-9-7-14(19)8-10-16/h7-10,13,15H,3-6,11-12H2,1-2H3,(H,20,23)/t15-/m1/s1. The van der Waals surface area contributed by atoms with Crippen LogP contribution in [-0.4, -0.2) is 24.4 Å². The predicted molar refractivity (Wildman–Crippen MR) is 93.7 cm³/mol. The van der Waals surface area contributed by atoms with E-state index < -0.39 is 0 Å². The third-order valence-electron chi connectivity index (χ3n) is 4.25. The Labute approximate surface area is 143 Å². The number of carbonyl (C=O) groups is 2. The number of nitrogens with one attached hydrogen (secondary N) is 1. The summed E-state index contributed by atoms with van der Waals surface area (Å²) in [4.78, 5) is 26.3. The van der Waals surface area contributed by atoms with Crippen molar-refractivity contribution in [3.8, 4) is 0 Å². The van der Waals surface area contributed by atoms with E-state index in [-0.39, 0.29) is 23.8 Å². The van der Waals surface area contributed by atoms with Gasteiger partial charge in [0.1, 0.15) is 0 Å². The van der Waals surface area contributed by atoms with E-state index in [0.717, 1.165) is 31.4 Å². The van der Waals surface area contributed by atoms with E-state index in [4.69, 9.17) is 11.6 Å². The first-order valence-electron chi connectivity index (χ1n) is 8.41. The molecule has 0 bridgehead atoms. The fourth-order valence-corrected chi connectivity index (χ4v) is 3.22. The first-order chi connectivity index (χ1) is 11.0. The number of hydrogen-bond acceptors (Lipinski definition) is 2. The SMILES string of the molecule is CCCC(CCC)C(=O)N[C@@H]1CC(=O)N(c2ccc(Cl)cc2)C1. The highest BCUT2D eigenvalue weighted by Crippen LogP contribution is 2.24. The molecule has 1 aliphatic rings. The molecule has 2 amide bonds. The summed E-state index contributed by atoms with van der Waals surface area (Å²) in [6.45, 7) is 4.71. The van der Waals surface area contributed by atoms with E-state index in [9.17, 15) is 9.59 Å². The average Bonchev–Trinajstić information content (AvgIpc) is 2.88. The molecule has 1 fully saturated rings. The molecule has 0 aromatic heterocycles. The highest BCUT2D eigenvalue weighted by atomic mass is 35.5. The van der Waals surface area contributed by atoms with Crippen molar-refractivity contribution in [3.05, 3.63) is 29.3 Å². The quantitative estimate of drug-likeness (QED) is 0.823. The van der Waals surface area contributed by atoms with Crippen molar-refractivity contribution >= 4 is 29.1 Å². The highest BCUT2D eigenvalue weighted by Gasteiger charge is 2.32. The van der Waals surface area contributed by atoms with E-state index in [1.807, 2.05) is 12.1 Å². The van der Waals surface area contributed by atoms with E-state index >= 15 is 0 Å². The molecule has 1 heterocycles. The monoisotopic (exact) mass is 336 g/mol. The molecule has 1 aromatic rings. The van der Waals surface area contributed by atoms with Gasteiger partial charge in [0.15, 0.2) is 0 Å². The summed E-state index contributed by atoms with van der Waals surface area (Å²) in [6.07, 6.45) is 4.17. The summed E-state index contributed by atoms with van der Waals surface area (Å²) in [5, 5.41) is 3.71.